The second kappa shape index (κ2) is 13.6. The minimum Gasteiger partial charge on any atom is -0.494 e. The van der Waals surface area contributed by atoms with Crippen LogP contribution >= 0.6 is 12.2 Å². The Balaban J connectivity index is 1.79. The number of benzene rings is 2. The number of ether oxygens (including phenoxy) is 4. The fourth-order valence-electron chi connectivity index (χ4n) is 2.86. The summed E-state index contributed by atoms with van der Waals surface area (Å²) in [5, 5.41) is 4.98. The topological polar surface area (TPSA) is 136 Å². The molecule has 188 valence electrons. The summed E-state index contributed by atoms with van der Waals surface area (Å²) in [6.45, 7) is 2.43. The summed E-state index contributed by atoms with van der Waals surface area (Å²) < 4.78 is 21.0. The highest BCUT2D eigenvalue weighted by atomic mass is 32.1. The van der Waals surface area contributed by atoms with Gasteiger partial charge in [-0.2, -0.15) is 0 Å². The molecule has 3 amide bonds. The molecular weight excluding hydrogens is 476 g/mol. The first-order chi connectivity index (χ1) is 16.8. The molecule has 35 heavy (non-hydrogen) atoms. The molecule has 2 rings (SSSR count). The maximum atomic E-state index is 12.5. The summed E-state index contributed by atoms with van der Waals surface area (Å²) in [5.41, 5.74) is 5.54. The van der Waals surface area contributed by atoms with Crippen LogP contribution < -0.4 is 40.4 Å². The number of nitrogens with one attached hydrogen (secondary N) is 4. The minimum absolute atomic E-state index is 0.0503. The molecule has 0 bridgehead atoms. The van der Waals surface area contributed by atoms with E-state index in [2.05, 4.69) is 21.5 Å². The van der Waals surface area contributed by atoms with Gasteiger partial charge in [-0.25, -0.2) is 0 Å². The van der Waals surface area contributed by atoms with Gasteiger partial charge in [0.05, 0.1) is 27.9 Å². The van der Waals surface area contributed by atoms with Crippen molar-refractivity contribution in [1.82, 2.24) is 16.2 Å². The molecule has 0 atom stereocenters. The molecule has 0 saturated heterocycles. The van der Waals surface area contributed by atoms with Crippen LogP contribution in [0.25, 0.3) is 0 Å². The Labute approximate surface area is 208 Å². The van der Waals surface area contributed by atoms with Crippen molar-refractivity contribution in [1.29, 1.82) is 0 Å². The van der Waals surface area contributed by atoms with Gasteiger partial charge in [0.15, 0.2) is 16.6 Å². The lowest BCUT2D eigenvalue weighted by Crippen LogP contribution is -2.48. The van der Waals surface area contributed by atoms with Crippen molar-refractivity contribution in [3.8, 4) is 23.0 Å². The third-order valence-electron chi connectivity index (χ3n) is 4.50. The van der Waals surface area contributed by atoms with Crippen molar-refractivity contribution in [2.24, 2.45) is 0 Å². The molecule has 0 heterocycles. The molecule has 11 nitrogen and oxygen atoms in total. The van der Waals surface area contributed by atoms with Crippen LogP contribution in [-0.4, -0.2) is 50.8 Å². The zero-order valence-corrected chi connectivity index (χ0v) is 20.7. The van der Waals surface area contributed by atoms with Gasteiger partial charge in [-0.3, -0.25) is 30.6 Å². The van der Waals surface area contributed by atoms with Crippen LogP contribution in [0.5, 0.6) is 23.0 Å². The summed E-state index contributed by atoms with van der Waals surface area (Å²) in [5.74, 6) is 0.250. The lowest BCUT2D eigenvalue weighted by molar-refractivity contribution is -0.124. The van der Waals surface area contributed by atoms with Gasteiger partial charge in [-0.15, -0.1) is 0 Å². The Bertz CT molecular complexity index is 1040. The molecule has 12 heteroatoms. The van der Waals surface area contributed by atoms with Crippen LogP contribution in [0.2, 0.25) is 0 Å². The predicted molar refractivity (Wildman–Crippen MR) is 133 cm³/mol. The van der Waals surface area contributed by atoms with E-state index in [4.69, 9.17) is 31.2 Å². The summed E-state index contributed by atoms with van der Waals surface area (Å²) >= 11 is 5.04. The van der Waals surface area contributed by atoms with E-state index in [1.165, 1.54) is 33.5 Å². The van der Waals surface area contributed by atoms with Gasteiger partial charge in [-0.1, -0.05) is 0 Å². The molecule has 0 unspecified atom stereocenters. The number of carbonyl (C=O) groups is 3. The highest BCUT2D eigenvalue weighted by Crippen LogP contribution is 2.38. The Hall–Kier alpha value is -4.06. The average molecular weight is 505 g/mol. The fourth-order valence-corrected chi connectivity index (χ4v) is 3.00. The number of hydrogen-bond acceptors (Lipinski definition) is 8. The van der Waals surface area contributed by atoms with E-state index in [1.807, 2.05) is 6.92 Å². The highest BCUT2D eigenvalue weighted by Gasteiger charge is 2.18. The molecule has 0 aliphatic rings. The number of methoxy groups -OCH3 is 3. The SMILES string of the molecule is CCOc1ccc(NC(=O)CCC(=O)NNC(=S)NC(=O)c2cc(OC)c(OC)c(OC)c2)cc1. The molecule has 0 fully saturated rings. The van der Waals surface area contributed by atoms with Crippen molar-refractivity contribution in [3.63, 3.8) is 0 Å². The second-order valence-electron chi connectivity index (χ2n) is 6.88. The van der Waals surface area contributed by atoms with Crippen molar-refractivity contribution in [2.75, 3.05) is 33.3 Å². The smallest absolute Gasteiger partial charge is 0.257 e. The Morgan fingerprint density at radius 2 is 1.46 bits per heavy atom. The molecule has 0 spiro atoms. The van der Waals surface area contributed by atoms with E-state index in [0.717, 1.165) is 0 Å². The molecule has 4 N–H and O–H groups in total. The third kappa shape index (κ3) is 8.34. The zero-order valence-electron chi connectivity index (χ0n) is 19.9. The first kappa shape index (κ1) is 27.2. The van der Waals surface area contributed by atoms with Crippen LogP contribution in [0, 0.1) is 0 Å². The average Bonchev–Trinajstić information content (AvgIpc) is 2.86. The summed E-state index contributed by atoms with van der Waals surface area (Å²) in [6, 6.07) is 9.81. The monoisotopic (exact) mass is 504 g/mol. The van der Waals surface area contributed by atoms with Crippen LogP contribution in [0.3, 0.4) is 0 Å². The summed E-state index contributed by atoms with van der Waals surface area (Å²) in [6.07, 6.45) is -0.148. The van der Waals surface area contributed by atoms with E-state index >= 15 is 0 Å². The van der Waals surface area contributed by atoms with Gasteiger partial charge in [0.2, 0.25) is 17.6 Å². The lowest BCUT2D eigenvalue weighted by Gasteiger charge is -2.15. The molecule has 0 aliphatic heterocycles. The fraction of sp³-hybridized carbons (Fsp3) is 0.304. The van der Waals surface area contributed by atoms with Gasteiger partial charge in [0.25, 0.3) is 5.91 Å². The van der Waals surface area contributed by atoms with Crippen molar-refractivity contribution in [2.45, 2.75) is 19.8 Å². The van der Waals surface area contributed by atoms with E-state index in [-0.39, 0.29) is 29.4 Å². The third-order valence-corrected chi connectivity index (χ3v) is 4.70. The molecular formula is C23H28N4O7S. The molecule has 2 aromatic rings. The lowest BCUT2D eigenvalue weighted by atomic mass is 10.1. The highest BCUT2D eigenvalue weighted by molar-refractivity contribution is 7.80. The Morgan fingerprint density at radius 3 is 2.00 bits per heavy atom. The maximum absolute atomic E-state index is 12.5. The van der Waals surface area contributed by atoms with Crippen molar-refractivity contribution >= 4 is 40.7 Å². The quantitative estimate of drug-likeness (QED) is 0.283. The largest absolute Gasteiger partial charge is 0.494 e. The standard InChI is InChI=1S/C23H28N4O7S/c1-5-34-16-8-6-15(7-9-16)24-19(28)10-11-20(29)26-27-23(35)25-22(30)14-12-17(31-2)21(33-4)18(13-14)32-3/h6-9,12-13H,5,10-11H2,1-4H3,(H,24,28)(H,26,29)(H2,25,27,30,35). The van der Waals surface area contributed by atoms with E-state index in [1.54, 1.807) is 24.3 Å². The van der Waals surface area contributed by atoms with E-state index < -0.39 is 11.8 Å². The molecule has 0 radical (unpaired) electrons. The number of anilines is 1. The van der Waals surface area contributed by atoms with Crippen molar-refractivity contribution in [3.05, 3.63) is 42.0 Å². The van der Waals surface area contributed by atoms with E-state index in [9.17, 15) is 14.4 Å². The van der Waals surface area contributed by atoms with Gasteiger partial charge < -0.3 is 24.3 Å². The zero-order chi connectivity index (χ0) is 25.8. The Kier molecular flexibility index (Phi) is 10.6. The molecule has 0 aliphatic carbocycles. The number of carbonyl (C=O) groups excluding carboxylic acids is 3. The number of hydrogen-bond donors (Lipinski definition) is 4. The minimum atomic E-state index is -0.564. The normalized spacial score (nSPS) is 9.94. The van der Waals surface area contributed by atoms with Gasteiger partial charge >= 0.3 is 0 Å². The summed E-state index contributed by atoms with van der Waals surface area (Å²) in [7, 11) is 4.31. The number of hydrazine groups is 1. The first-order valence-corrected chi connectivity index (χ1v) is 10.9. The summed E-state index contributed by atoms with van der Waals surface area (Å²) in [4.78, 5) is 36.6. The molecule has 0 aromatic heterocycles. The predicted octanol–water partition coefficient (Wildman–Crippen LogP) is 2.17. The van der Waals surface area contributed by atoms with Crippen LogP contribution in [-0.2, 0) is 9.59 Å². The number of rotatable bonds is 10. The number of amides is 3. The number of thiocarbonyl (C=S) groups is 1. The second-order valence-corrected chi connectivity index (χ2v) is 7.28. The van der Waals surface area contributed by atoms with Gasteiger partial charge in [0, 0.05) is 24.1 Å². The van der Waals surface area contributed by atoms with Gasteiger partial charge in [0.1, 0.15) is 5.75 Å². The maximum Gasteiger partial charge on any atom is 0.257 e. The van der Waals surface area contributed by atoms with Crippen LogP contribution in [0.15, 0.2) is 36.4 Å². The Morgan fingerprint density at radius 1 is 0.857 bits per heavy atom. The molecule has 0 saturated carbocycles. The first-order valence-electron chi connectivity index (χ1n) is 10.5. The van der Waals surface area contributed by atoms with E-state index in [0.29, 0.717) is 35.3 Å². The van der Waals surface area contributed by atoms with Gasteiger partial charge in [-0.05, 0) is 55.5 Å². The van der Waals surface area contributed by atoms with Crippen LogP contribution in [0.4, 0.5) is 5.69 Å². The van der Waals surface area contributed by atoms with Crippen LogP contribution in [0.1, 0.15) is 30.1 Å². The molecule has 2 aromatic carbocycles. The van der Waals surface area contributed by atoms with Crippen molar-refractivity contribution < 1.29 is 33.3 Å².